The Balaban J connectivity index is 0. The fourth-order valence-corrected chi connectivity index (χ4v) is 0. The normalized spacial score (nSPS) is 4.20. The first-order valence-corrected chi connectivity index (χ1v) is 2.83. The molecule has 0 aromatic heterocycles. The molecule has 0 unspecified atom stereocenters. The molecule has 0 aliphatic rings. The molecule has 0 rings (SSSR count). The van der Waals surface area contributed by atoms with Crippen molar-refractivity contribution in [2.45, 2.75) is 13.8 Å². The molecule has 0 aliphatic carbocycles. The van der Waals surface area contributed by atoms with Crippen molar-refractivity contribution in [2.24, 2.45) is 0 Å². The Kier molecular flexibility index (Phi) is 41.4. The van der Waals surface area contributed by atoms with Crippen LogP contribution in [-0.2, 0) is 27.2 Å². The van der Waals surface area contributed by atoms with Gasteiger partial charge in [-0.2, -0.15) is 0 Å². The summed E-state index contributed by atoms with van der Waals surface area (Å²) in [5.41, 5.74) is 0. The van der Waals surface area contributed by atoms with Crippen molar-refractivity contribution >= 4 is 0 Å². The van der Waals surface area contributed by atoms with Crippen molar-refractivity contribution in [1.29, 1.82) is 0 Å². The van der Waals surface area contributed by atoms with Gasteiger partial charge in [-0.15, -0.1) is 0 Å². The molecule has 0 fully saturated rings. The van der Waals surface area contributed by atoms with Gasteiger partial charge in [0.25, 0.3) is 0 Å². The average molecular weight is 238 g/mol. The standard InChI is InChI=1S/C3H7.Hf.O/c1-3-2;;/h3H,1-2H3;;. The van der Waals surface area contributed by atoms with E-state index in [1.807, 2.05) is 20.3 Å². The molecule has 1 radical (unpaired) electrons. The van der Waals surface area contributed by atoms with Crippen LogP contribution in [0.5, 0.6) is 0 Å². The van der Waals surface area contributed by atoms with E-state index in [0.29, 0.717) is 0 Å². The summed E-state index contributed by atoms with van der Waals surface area (Å²) < 4.78 is 8.39. The zero-order valence-corrected chi connectivity index (χ0v) is 7.08. The second-order valence-electron chi connectivity index (χ2n) is 0.577. The molecule has 0 saturated carbocycles. The first-order chi connectivity index (χ1) is 2.41. The van der Waals surface area contributed by atoms with Gasteiger partial charge in [-0.3, -0.25) is 0 Å². The zero-order chi connectivity index (χ0) is 4.71. The summed E-state index contributed by atoms with van der Waals surface area (Å²) in [5.74, 6) is 0. The monoisotopic (exact) mass is 239 g/mol. The molecule has 1 nitrogen and oxygen atoms in total. The summed E-state index contributed by atoms with van der Waals surface area (Å²) in [6.45, 7) is 4.00. The van der Waals surface area contributed by atoms with Crippen LogP contribution in [0.2, 0.25) is 0 Å². The Morgan fingerprint density at radius 1 is 1.40 bits per heavy atom. The van der Waals surface area contributed by atoms with Crippen LogP contribution in [0.3, 0.4) is 0 Å². The molecular weight excluding hydrogens is 231 g/mol. The van der Waals surface area contributed by atoms with Crippen molar-refractivity contribution in [3.05, 3.63) is 6.42 Å². The summed E-state index contributed by atoms with van der Waals surface area (Å²) in [6, 6.07) is 0. The molecule has 0 atom stereocenters. The number of hydrogen-bond acceptors (Lipinski definition) is 1. The first-order valence-electron chi connectivity index (χ1n) is 1.36. The summed E-state index contributed by atoms with van der Waals surface area (Å²) in [6.07, 6.45) is 2.00. The third-order valence-corrected chi connectivity index (χ3v) is 0. The Morgan fingerprint density at radius 2 is 1.40 bits per heavy atom. The zero-order valence-electron chi connectivity index (χ0n) is 3.49. The van der Waals surface area contributed by atoms with Crippen molar-refractivity contribution in [1.82, 2.24) is 0 Å². The van der Waals surface area contributed by atoms with Gasteiger partial charge in [0.1, 0.15) is 0 Å². The van der Waals surface area contributed by atoms with Gasteiger partial charge < -0.3 is 0 Å². The average Bonchev–Trinajstić information content (AvgIpc) is 1.46. The Morgan fingerprint density at radius 3 is 1.40 bits per heavy atom. The molecule has 2 heteroatoms. The van der Waals surface area contributed by atoms with E-state index >= 15 is 0 Å². The van der Waals surface area contributed by atoms with Gasteiger partial charge in [-0.1, -0.05) is 13.8 Å². The van der Waals surface area contributed by atoms with Gasteiger partial charge in [0.2, 0.25) is 0 Å². The quantitative estimate of drug-likeness (QED) is 0.577. The van der Waals surface area contributed by atoms with E-state index in [1.165, 1.54) is 0 Å². The minimum atomic E-state index is 0.0556. The van der Waals surface area contributed by atoms with Crippen molar-refractivity contribution in [3.63, 3.8) is 0 Å². The van der Waals surface area contributed by atoms with Gasteiger partial charge in [-0.05, 0) is 6.42 Å². The second kappa shape index (κ2) is 22.6. The number of rotatable bonds is 0. The van der Waals surface area contributed by atoms with E-state index < -0.39 is 0 Å². The van der Waals surface area contributed by atoms with Gasteiger partial charge in [0.15, 0.2) is 0 Å². The maximum absolute atomic E-state index is 8.39. The molecule has 0 aromatic carbocycles. The van der Waals surface area contributed by atoms with Gasteiger partial charge >= 0.3 is 27.2 Å². The van der Waals surface area contributed by atoms with Crippen LogP contribution < -0.4 is 0 Å². The Bertz CT molecular complexity index is 10.9. The Hall–Kier alpha value is 0.670. The molecule has 0 aliphatic heterocycles. The topological polar surface area (TPSA) is 17.1 Å². The van der Waals surface area contributed by atoms with Crippen molar-refractivity contribution in [3.8, 4) is 0 Å². The molecular formula is C3H7HfO. The van der Waals surface area contributed by atoms with Crippen LogP contribution in [-0.4, -0.2) is 0 Å². The maximum atomic E-state index is 8.39. The van der Waals surface area contributed by atoms with Crippen molar-refractivity contribution < 1.29 is 27.2 Å². The van der Waals surface area contributed by atoms with E-state index in [-0.39, 0.29) is 24.4 Å². The first kappa shape index (κ1) is 9.18. The molecule has 0 amide bonds. The van der Waals surface area contributed by atoms with E-state index in [1.54, 1.807) is 0 Å². The van der Waals surface area contributed by atoms with Gasteiger partial charge in [0, 0.05) is 0 Å². The molecule has 29 valence electrons. The predicted octanol–water partition coefficient (Wildman–Crippen LogP) is 1.11. The number of hydrogen-bond donors (Lipinski definition) is 0. The van der Waals surface area contributed by atoms with E-state index in [9.17, 15) is 0 Å². The Labute approximate surface area is 47.8 Å². The summed E-state index contributed by atoms with van der Waals surface area (Å²) >= 11 is 0.0556. The second-order valence-corrected chi connectivity index (χ2v) is 0.577. The van der Waals surface area contributed by atoms with Crippen molar-refractivity contribution in [2.75, 3.05) is 0 Å². The van der Waals surface area contributed by atoms with Gasteiger partial charge in [-0.25, -0.2) is 0 Å². The molecule has 0 spiro atoms. The van der Waals surface area contributed by atoms with E-state index in [4.69, 9.17) is 2.85 Å². The van der Waals surface area contributed by atoms with Crippen LogP contribution in [0.1, 0.15) is 13.8 Å². The molecule has 0 aromatic rings. The molecule has 0 heterocycles. The van der Waals surface area contributed by atoms with Crippen LogP contribution in [0.4, 0.5) is 0 Å². The van der Waals surface area contributed by atoms with E-state index in [0.717, 1.165) is 0 Å². The van der Waals surface area contributed by atoms with Crippen LogP contribution >= 0.6 is 0 Å². The third kappa shape index (κ3) is 74.1. The van der Waals surface area contributed by atoms with Crippen LogP contribution in [0.25, 0.3) is 0 Å². The van der Waals surface area contributed by atoms with Crippen LogP contribution in [0, 0.1) is 6.42 Å². The third-order valence-electron chi connectivity index (χ3n) is 0. The van der Waals surface area contributed by atoms with Crippen LogP contribution in [0.15, 0.2) is 0 Å². The molecule has 0 N–H and O–H groups in total. The minimum absolute atomic E-state index is 0.0556. The molecule has 5 heavy (non-hydrogen) atoms. The predicted molar refractivity (Wildman–Crippen MR) is 16.3 cm³/mol. The fraction of sp³-hybridized carbons (Fsp3) is 0.667. The summed E-state index contributed by atoms with van der Waals surface area (Å²) in [4.78, 5) is 0. The molecule has 0 saturated heterocycles. The summed E-state index contributed by atoms with van der Waals surface area (Å²) in [5, 5.41) is 0. The summed E-state index contributed by atoms with van der Waals surface area (Å²) in [7, 11) is 0. The SMILES string of the molecule is C[CH]C.[O]=[Hf]. The van der Waals surface area contributed by atoms with E-state index in [2.05, 4.69) is 0 Å². The van der Waals surface area contributed by atoms with Gasteiger partial charge in [0.05, 0.1) is 0 Å². The molecule has 0 bridgehead atoms. The fourth-order valence-electron chi connectivity index (χ4n) is 0.